The molecule has 0 aliphatic rings. The van der Waals surface area contributed by atoms with Crippen molar-refractivity contribution in [2.45, 2.75) is 13.5 Å². The molecule has 3 N–H and O–H groups in total. The number of hydrogen-bond acceptors (Lipinski definition) is 4. The number of ether oxygens (including phenoxy) is 1. The summed E-state index contributed by atoms with van der Waals surface area (Å²) in [6.45, 7) is 2.51. The number of aromatic nitrogens is 1. The van der Waals surface area contributed by atoms with Gasteiger partial charge in [0.25, 0.3) is 0 Å². The number of carbonyl (C=O) groups is 1. The van der Waals surface area contributed by atoms with Crippen molar-refractivity contribution in [2.75, 3.05) is 0 Å². The molecule has 0 aliphatic heterocycles. The molecule has 5 nitrogen and oxygen atoms in total. The largest absolute Gasteiger partial charge is 0.478 e. The van der Waals surface area contributed by atoms with Gasteiger partial charge < -0.3 is 15.6 Å². The molecule has 0 fully saturated rings. The number of aryl methyl sites for hydroxylation is 1. The van der Waals surface area contributed by atoms with Crippen LogP contribution in [0.15, 0.2) is 85.2 Å². The van der Waals surface area contributed by atoms with Gasteiger partial charge in [0.15, 0.2) is 0 Å². The van der Waals surface area contributed by atoms with E-state index in [1.165, 1.54) is 6.20 Å². The molecule has 4 aromatic rings. The predicted octanol–water partition coefficient (Wildman–Crippen LogP) is 5.67. The monoisotopic (exact) mass is 410 g/mol. The zero-order valence-electron chi connectivity index (χ0n) is 17.1. The summed E-state index contributed by atoms with van der Waals surface area (Å²) in [4.78, 5) is 15.5. The average Bonchev–Trinajstić information content (AvgIpc) is 2.79. The minimum atomic E-state index is -1.02. The van der Waals surface area contributed by atoms with Gasteiger partial charge in [-0.3, -0.25) is 4.98 Å². The number of nitrogens with zero attached hydrogens (tertiary/aromatic N) is 1. The van der Waals surface area contributed by atoms with Gasteiger partial charge in [-0.05, 0) is 76.7 Å². The lowest BCUT2D eigenvalue weighted by molar-refractivity contribution is 0.0697. The second-order valence-electron chi connectivity index (χ2n) is 7.30. The highest BCUT2D eigenvalue weighted by atomic mass is 16.5. The Hall–Kier alpha value is -3.96. The first kappa shape index (κ1) is 20.3. The number of pyridine rings is 1. The summed E-state index contributed by atoms with van der Waals surface area (Å²) in [6, 6.07) is 23.3. The maximum absolute atomic E-state index is 11.5. The van der Waals surface area contributed by atoms with Crippen LogP contribution in [0.2, 0.25) is 0 Å². The van der Waals surface area contributed by atoms with E-state index < -0.39 is 5.97 Å². The van der Waals surface area contributed by atoms with E-state index in [4.69, 9.17) is 10.5 Å². The van der Waals surface area contributed by atoms with E-state index in [-0.39, 0.29) is 5.56 Å². The molecular formula is C26H22N2O3. The number of carboxylic acids is 1. The van der Waals surface area contributed by atoms with Crippen LogP contribution in [-0.2, 0) is 6.54 Å². The van der Waals surface area contributed by atoms with Crippen molar-refractivity contribution < 1.29 is 14.6 Å². The van der Waals surface area contributed by atoms with Crippen molar-refractivity contribution in [1.29, 1.82) is 0 Å². The van der Waals surface area contributed by atoms with Gasteiger partial charge in [-0.1, -0.05) is 36.4 Å². The molecule has 1 heterocycles. The molecule has 31 heavy (non-hydrogen) atoms. The number of benzene rings is 3. The number of aromatic carboxylic acids is 1. The van der Waals surface area contributed by atoms with Crippen molar-refractivity contribution in [3.05, 3.63) is 102 Å². The van der Waals surface area contributed by atoms with E-state index in [0.29, 0.717) is 23.6 Å². The van der Waals surface area contributed by atoms with Gasteiger partial charge in [0.1, 0.15) is 11.5 Å². The lowest BCUT2D eigenvalue weighted by Crippen LogP contribution is -2.00. The molecule has 0 saturated carbocycles. The number of rotatable bonds is 6. The van der Waals surface area contributed by atoms with E-state index >= 15 is 0 Å². The summed E-state index contributed by atoms with van der Waals surface area (Å²) in [7, 11) is 0. The normalized spacial score (nSPS) is 10.6. The standard InChI is InChI=1S/C26H22N2O3/c1-17-10-21(19-5-2-4-18(12-19)15-27)14-23(11-17)31-22-7-3-6-20(13-22)24-8-9-28-16-25(24)26(29)30/h2-14,16H,15,27H2,1H3,(H,29,30). The van der Waals surface area contributed by atoms with Gasteiger partial charge in [-0.25, -0.2) is 4.79 Å². The third kappa shape index (κ3) is 4.63. The third-order valence-electron chi connectivity index (χ3n) is 4.98. The van der Waals surface area contributed by atoms with Crippen LogP contribution in [0.4, 0.5) is 0 Å². The topological polar surface area (TPSA) is 85.4 Å². The molecule has 4 rings (SSSR count). The second kappa shape index (κ2) is 8.81. The van der Waals surface area contributed by atoms with Crippen LogP contribution < -0.4 is 10.5 Å². The van der Waals surface area contributed by atoms with Crippen LogP contribution in [0, 0.1) is 6.92 Å². The SMILES string of the molecule is Cc1cc(Oc2cccc(-c3ccncc3C(=O)O)c2)cc(-c2cccc(CN)c2)c1. The molecule has 154 valence electrons. The van der Waals surface area contributed by atoms with Crippen LogP contribution in [0.5, 0.6) is 11.5 Å². The molecule has 0 aliphatic carbocycles. The van der Waals surface area contributed by atoms with Crippen molar-refractivity contribution in [3.63, 3.8) is 0 Å². The van der Waals surface area contributed by atoms with E-state index in [2.05, 4.69) is 23.2 Å². The molecule has 0 bridgehead atoms. The van der Waals surface area contributed by atoms with Crippen molar-refractivity contribution >= 4 is 5.97 Å². The highest BCUT2D eigenvalue weighted by Crippen LogP contribution is 2.32. The first-order chi connectivity index (χ1) is 15.0. The van der Waals surface area contributed by atoms with Crippen molar-refractivity contribution in [1.82, 2.24) is 4.98 Å². The summed E-state index contributed by atoms with van der Waals surface area (Å²) in [5, 5.41) is 9.46. The average molecular weight is 410 g/mol. The molecule has 0 saturated heterocycles. The second-order valence-corrected chi connectivity index (χ2v) is 7.30. The molecular weight excluding hydrogens is 388 g/mol. The summed E-state index contributed by atoms with van der Waals surface area (Å²) >= 11 is 0. The Balaban J connectivity index is 1.67. The Bertz CT molecular complexity index is 1250. The van der Waals surface area contributed by atoms with E-state index in [0.717, 1.165) is 27.8 Å². The Morgan fingerprint density at radius 2 is 1.71 bits per heavy atom. The highest BCUT2D eigenvalue weighted by Gasteiger charge is 2.12. The molecule has 5 heteroatoms. The van der Waals surface area contributed by atoms with Crippen LogP contribution >= 0.6 is 0 Å². The lowest BCUT2D eigenvalue weighted by Gasteiger charge is -2.12. The fourth-order valence-corrected chi connectivity index (χ4v) is 3.53. The van der Waals surface area contributed by atoms with Gasteiger partial charge in [0.2, 0.25) is 0 Å². The highest BCUT2D eigenvalue weighted by molar-refractivity contribution is 5.95. The first-order valence-electron chi connectivity index (χ1n) is 9.90. The quantitative estimate of drug-likeness (QED) is 0.427. The summed E-state index contributed by atoms with van der Waals surface area (Å²) < 4.78 is 6.15. The number of hydrogen-bond donors (Lipinski definition) is 2. The number of nitrogens with two attached hydrogens (primary N) is 1. The third-order valence-corrected chi connectivity index (χ3v) is 4.98. The minimum absolute atomic E-state index is 0.150. The molecule has 0 radical (unpaired) electrons. The zero-order valence-corrected chi connectivity index (χ0v) is 17.1. The van der Waals surface area contributed by atoms with Gasteiger partial charge >= 0.3 is 5.97 Å². The Labute approximate surface area is 180 Å². The molecule has 0 unspecified atom stereocenters. The fourth-order valence-electron chi connectivity index (χ4n) is 3.53. The zero-order chi connectivity index (χ0) is 21.8. The van der Waals surface area contributed by atoms with Crippen molar-refractivity contribution in [2.24, 2.45) is 5.73 Å². The van der Waals surface area contributed by atoms with Crippen LogP contribution in [0.3, 0.4) is 0 Å². The Morgan fingerprint density at radius 3 is 2.52 bits per heavy atom. The van der Waals surface area contributed by atoms with Crippen LogP contribution in [0.1, 0.15) is 21.5 Å². The van der Waals surface area contributed by atoms with E-state index in [1.807, 2.05) is 55.5 Å². The van der Waals surface area contributed by atoms with E-state index in [1.54, 1.807) is 12.3 Å². The van der Waals surface area contributed by atoms with Crippen LogP contribution in [0.25, 0.3) is 22.3 Å². The minimum Gasteiger partial charge on any atom is -0.478 e. The first-order valence-corrected chi connectivity index (χ1v) is 9.90. The smallest absolute Gasteiger partial charge is 0.337 e. The van der Waals surface area contributed by atoms with Gasteiger partial charge in [0.05, 0.1) is 5.56 Å². The van der Waals surface area contributed by atoms with Gasteiger partial charge in [-0.15, -0.1) is 0 Å². The maximum atomic E-state index is 11.5. The Kier molecular flexibility index (Phi) is 5.78. The molecule has 0 atom stereocenters. The van der Waals surface area contributed by atoms with Crippen molar-refractivity contribution in [3.8, 4) is 33.8 Å². The molecule has 1 aromatic heterocycles. The molecule has 3 aromatic carbocycles. The molecule has 0 amide bonds. The fraction of sp³-hybridized carbons (Fsp3) is 0.0769. The van der Waals surface area contributed by atoms with Crippen LogP contribution in [-0.4, -0.2) is 16.1 Å². The summed E-state index contributed by atoms with van der Waals surface area (Å²) in [6.07, 6.45) is 2.94. The lowest BCUT2D eigenvalue weighted by atomic mass is 10.0. The Morgan fingerprint density at radius 1 is 0.935 bits per heavy atom. The van der Waals surface area contributed by atoms with Gasteiger partial charge in [-0.2, -0.15) is 0 Å². The summed E-state index contributed by atoms with van der Waals surface area (Å²) in [5.41, 5.74) is 11.5. The predicted molar refractivity (Wildman–Crippen MR) is 121 cm³/mol. The number of carboxylic acid groups (broad SMARTS) is 1. The van der Waals surface area contributed by atoms with E-state index in [9.17, 15) is 9.90 Å². The summed E-state index contributed by atoms with van der Waals surface area (Å²) in [5.74, 6) is 0.314. The molecule has 0 spiro atoms. The maximum Gasteiger partial charge on any atom is 0.337 e. The van der Waals surface area contributed by atoms with Gasteiger partial charge in [0, 0.05) is 18.9 Å².